The quantitative estimate of drug-likeness (QED) is 0.332. The summed E-state index contributed by atoms with van der Waals surface area (Å²) in [5.41, 5.74) is 2.41. The van der Waals surface area contributed by atoms with Crippen molar-refractivity contribution in [3.8, 4) is 11.5 Å². The molecule has 0 bridgehead atoms. The minimum Gasteiger partial charge on any atom is -0.497 e. The number of benzene rings is 2. The van der Waals surface area contributed by atoms with Crippen LogP contribution in [0.3, 0.4) is 0 Å². The standard InChI is InChI=1S/C27H32N6O4/c1-3-36-23-10-11-25-20(14-23)13-21(27(34)28-25)16-32(15-19-6-8-22(35-2)9-7-19)18-26-29-30-31-33(26)17-24-5-4-12-37-24/h6-11,13-14,24H,3-5,12,15-18H2,1-2H3,(H,28,34). The van der Waals surface area contributed by atoms with Crippen molar-refractivity contribution in [3.05, 3.63) is 75.8 Å². The summed E-state index contributed by atoms with van der Waals surface area (Å²) in [6.45, 7) is 5.43. The number of hydrogen-bond acceptors (Lipinski definition) is 8. The van der Waals surface area contributed by atoms with Gasteiger partial charge in [0, 0.05) is 36.2 Å². The van der Waals surface area contributed by atoms with Gasteiger partial charge in [-0.25, -0.2) is 4.68 Å². The average Bonchev–Trinajstić information content (AvgIpc) is 3.58. The van der Waals surface area contributed by atoms with Crippen molar-refractivity contribution in [2.75, 3.05) is 20.3 Å². The lowest BCUT2D eigenvalue weighted by atomic mass is 10.1. The molecule has 1 aliphatic heterocycles. The molecule has 1 saturated heterocycles. The maximum absolute atomic E-state index is 13.0. The SMILES string of the molecule is CCOc1ccc2[nH]c(=O)c(CN(Cc3ccc(OC)cc3)Cc3nnnn3CC3CCCO3)cc2c1. The van der Waals surface area contributed by atoms with Crippen molar-refractivity contribution in [1.82, 2.24) is 30.1 Å². The highest BCUT2D eigenvalue weighted by molar-refractivity contribution is 5.80. The Hall–Kier alpha value is -3.76. The fourth-order valence-corrected chi connectivity index (χ4v) is 4.66. The third-order valence-corrected chi connectivity index (χ3v) is 6.53. The lowest BCUT2D eigenvalue weighted by molar-refractivity contribution is 0.0914. The highest BCUT2D eigenvalue weighted by Gasteiger charge is 2.21. The van der Waals surface area contributed by atoms with Crippen LogP contribution in [0.1, 0.15) is 36.7 Å². The molecule has 1 N–H and O–H groups in total. The molecular weight excluding hydrogens is 472 g/mol. The Labute approximate surface area is 215 Å². The number of nitrogens with one attached hydrogen (secondary N) is 1. The third kappa shape index (κ3) is 6.15. The van der Waals surface area contributed by atoms with E-state index >= 15 is 0 Å². The van der Waals surface area contributed by atoms with Crippen molar-refractivity contribution < 1.29 is 14.2 Å². The van der Waals surface area contributed by atoms with Crippen LogP contribution in [0.5, 0.6) is 11.5 Å². The average molecular weight is 505 g/mol. The second kappa shape index (κ2) is 11.5. The molecule has 0 spiro atoms. The van der Waals surface area contributed by atoms with Gasteiger partial charge in [0.15, 0.2) is 5.82 Å². The van der Waals surface area contributed by atoms with E-state index in [2.05, 4.69) is 25.4 Å². The van der Waals surface area contributed by atoms with Gasteiger partial charge < -0.3 is 19.2 Å². The van der Waals surface area contributed by atoms with Crippen LogP contribution in [-0.4, -0.2) is 56.5 Å². The molecule has 2 aromatic carbocycles. The predicted molar refractivity (Wildman–Crippen MR) is 138 cm³/mol. The van der Waals surface area contributed by atoms with Gasteiger partial charge in [0.1, 0.15) is 11.5 Å². The van der Waals surface area contributed by atoms with E-state index in [4.69, 9.17) is 14.2 Å². The van der Waals surface area contributed by atoms with Gasteiger partial charge in [-0.05, 0) is 72.2 Å². The van der Waals surface area contributed by atoms with Crippen LogP contribution >= 0.6 is 0 Å². The van der Waals surface area contributed by atoms with Crippen LogP contribution in [0, 0.1) is 0 Å². The lowest BCUT2D eigenvalue weighted by Crippen LogP contribution is -2.29. The van der Waals surface area contributed by atoms with E-state index in [9.17, 15) is 4.79 Å². The molecule has 0 radical (unpaired) electrons. The first-order valence-electron chi connectivity index (χ1n) is 12.6. The van der Waals surface area contributed by atoms with E-state index in [0.717, 1.165) is 53.2 Å². The summed E-state index contributed by atoms with van der Waals surface area (Å²) in [7, 11) is 1.65. The van der Waals surface area contributed by atoms with Gasteiger partial charge in [-0.3, -0.25) is 9.69 Å². The number of fused-ring (bicyclic) bond motifs is 1. The highest BCUT2D eigenvalue weighted by Crippen LogP contribution is 2.21. The Morgan fingerprint density at radius 2 is 1.95 bits per heavy atom. The Morgan fingerprint density at radius 1 is 1.11 bits per heavy atom. The molecule has 0 saturated carbocycles. The first-order valence-corrected chi connectivity index (χ1v) is 12.6. The maximum Gasteiger partial charge on any atom is 0.252 e. The zero-order chi connectivity index (χ0) is 25.6. The number of rotatable bonds is 11. The van der Waals surface area contributed by atoms with Gasteiger partial charge in [-0.15, -0.1) is 5.10 Å². The monoisotopic (exact) mass is 504 g/mol. The van der Waals surface area contributed by atoms with E-state index in [-0.39, 0.29) is 11.7 Å². The molecule has 194 valence electrons. The minimum atomic E-state index is -0.115. The number of ether oxygens (including phenoxy) is 3. The van der Waals surface area contributed by atoms with Gasteiger partial charge in [-0.2, -0.15) is 0 Å². The summed E-state index contributed by atoms with van der Waals surface area (Å²) in [4.78, 5) is 18.2. The van der Waals surface area contributed by atoms with E-state index in [1.165, 1.54) is 0 Å². The summed E-state index contributed by atoms with van der Waals surface area (Å²) in [5, 5.41) is 13.3. The highest BCUT2D eigenvalue weighted by atomic mass is 16.5. The van der Waals surface area contributed by atoms with Crippen LogP contribution in [-0.2, 0) is 30.9 Å². The van der Waals surface area contributed by atoms with Gasteiger partial charge in [-0.1, -0.05) is 12.1 Å². The van der Waals surface area contributed by atoms with Crippen molar-refractivity contribution in [2.24, 2.45) is 0 Å². The molecule has 1 fully saturated rings. The molecule has 1 atom stereocenters. The second-order valence-corrected chi connectivity index (χ2v) is 9.21. The Balaban J connectivity index is 1.42. The van der Waals surface area contributed by atoms with Gasteiger partial charge in [0.25, 0.3) is 5.56 Å². The Bertz CT molecular complexity index is 1380. The number of aromatic nitrogens is 5. The molecule has 10 heteroatoms. The van der Waals surface area contributed by atoms with Crippen molar-refractivity contribution >= 4 is 10.9 Å². The molecule has 2 aromatic heterocycles. The fraction of sp³-hybridized carbons (Fsp3) is 0.407. The van der Waals surface area contributed by atoms with E-state index in [0.29, 0.717) is 38.3 Å². The molecule has 0 aliphatic carbocycles. The van der Waals surface area contributed by atoms with Crippen LogP contribution in [0.2, 0.25) is 0 Å². The molecule has 37 heavy (non-hydrogen) atoms. The smallest absolute Gasteiger partial charge is 0.252 e. The number of nitrogens with zero attached hydrogens (tertiary/aromatic N) is 5. The minimum absolute atomic E-state index is 0.115. The maximum atomic E-state index is 13.0. The number of tetrazole rings is 1. The lowest BCUT2D eigenvalue weighted by Gasteiger charge is -2.22. The Kier molecular flexibility index (Phi) is 7.76. The van der Waals surface area contributed by atoms with Gasteiger partial charge in [0.05, 0.1) is 32.9 Å². The first-order chi connectivity index (χ1) is 18.1. The van der Waals surface area contributed by atoms with E-state index in [1.54, 1.807) is 7.11 Å². The fourth-order valence-electron chi connectivity index (χ4n) is 4.66. The third-order valence-electron chi connectivity index (χ3n) is 6.53. The summed E-state index contributed by atoms with van der Waals surface area (Å²) in [6, 6.07) is 15.6. The normalized spacial score (nSPS) is 15.5. The number of H-pyrrole nitrogens is 1. The van der Waals surface area contributed by atoms with Crippen LogP contribution in [0.15, 0.2) is 53.3 Å². The van der Waals surface area contributed by atoms with Crippen LogP contribution < -0.4 is 15.0 Å². The molecule has 4 aromatic rings. The largest absolute Gasteiger partial charge is 0.497 e. The molecule has 0 amide bonds. The molecule has 5 rings (SSSR count). The summed E-state index contributed by atoms with van der Waals surface area (Å²) >= 11 is 0. The van der Waals surface area contributed by atoms with Crippen molar-refractivity contribution in [1.29, 1.82) is 0 Å². The predicted octanol–water partition coefficient (Wildman–Crippen LogP) is 3.30. The summed E-state index contributed by atoms with van der Waals surface area (Å²) < 4.78 is 18.6. The number of methoxy groups -OCH3 is 1. The molecule has 10 nitrogen and oxygen atoms in total. The van der Waals surface area contributed by atoms with Gasteiger partial charge in [0.2, 0.25) is 0 Å². The van der Waals surface area contributed by atoms with E-state index in [1.807, 2.05) is 60.1 Å². The number of aromatic amines is 1. The summed E-state index contributed by atoms with van der Waals surface area (Å²) in [5.74, 6) is 2.31. The zero-order valence-electron chi connectivity index (χ0n) is 21.2. The van der Waals surface area contributed by atoms with Crippen LogP contribution in [0.25, 0.3) is 10.9 Å². The summed E-state index contributed by atoms with van der Waals surface area (Å²) in [6.07, 6.45) is 2.19. The zero-order valence-corrected chi connectivity index (χ0v) is 21.2. The second-order valence-electron chi connectivity index (χ2n) is 9.21. The Morgan fingerprint density at radius 3 is 2.70 bits per heavy atom. The number of hydrogen-bond donors (Lipinski definition) is 1. The molecule has 1 unspecified atom stereocenters. The molecule has 1 aliphatic rings. The van der Waals surface area contributed by atoms with Crippen LogP contribution in [0.4, 0.5) is 0 Å². The first kappa shape index (κ1) is 24.9. The van der Waals surface area contributed by atoms with Crippen molar-refractivity contribution in [2.45, 2.75) is 52.0 Å². The topological polar surface area (TPSA) is 107 Å². The number of pyridine rings is 1. The molecule has 3 heterocycles. The van der Waals surface area contributed by atoms with Gasteiger partial charge >= 0.3 is 0 Å². The van der Waals surface area contributed by atoms with Crippen molar-refractivity contribution in [3.63, 3.8) is 0 Å². The molecular formula is C27H32N6O4. The van der Waals surface area contributed by atoms with E-state index < -0.39 is 0 Å².